The zero-order chi connectivity index (χ0) is 74.8. The molecule has 12 rings (SSSR count). The standard InChI is InChI=1S/2C11H9NO2S.2C10H8N2O2S.2C9H7N3O2S/c13-15(14,10-6-2-1-3-7-10)11-8-4-5-9-12-11;13-15(14,10-5-2-1-3-6-10)11-7-4-8-12-9-11;13-15(14,9-3-1-5-11-7-9)10-4-2-6-12-8-10;13-15(14,9-5-1-3-7-11-9)10-6-2-4-8-12-10;13-15(14,8-4-1-2-5-10-8)9-11-6-3-7-12-9;13-15(14,8-3-1-2-4-11-8)9-7-10-5-6-12-9/h2*1-9H;2*1-8H;2*1-7H/i1D,5D;1D,8D;5D,6D;3D,4D;2D,3D;2D,5D. The molecule has 24 nitrogen and oxygen atoms in total. The highest BCUT2D eigenvalue weighted by Gasteiger charge is 2.24. The number of nitrogens with zero attached hydrogens (tertiary/aromatic N) is 12. The molecule has 0 saturated carbocycles. The van der Waals surface area contributed by atoms with Gasteiger partial charge in [-0.05, 0) is 127 Å². The number of sulfone groups is 6. The summed E-state index contributed by atoms with van der Waals surface area (Å²) < 4.78 is 231. The largest absolute Gasteiger partial charge is 0.263 e. The molecule has 0 amide bonds. The summed E-state index contributed by atoms with van der Waals surface area (Å²) in [6.45, 7) is 0. The lowest BCUT2D eigenvalue weighted by Gasteiger charge is -2.02. The van der Waals surface area contributed by atoms with Crippen molar-refractivity contribution in [3.05, 3.63) is 293 Å². The smallest absolute Gasteiger partial charge is 0.259 e. The van der Waals surface area contributed by atoms with Crippen LogP contribution in [-0.4, -0.2) is 110 Å². The summed E-state index contributed by atoms with van der Waals surface area (Å²) in [5, 5.41) is -1.48. The fourth-order valence-corrected chi connectivity index (χ4v) is 13.0. The van der Waals surface area contributed by atoms with Crippen LogP contribution >= 0.6 is 0 Å². The van der Waals surface area contributed by atoms with Crippen LogP contribution in [0.15, 0.2) is 353 Å². The van der Waals surface area contributed by atoms with Crippen molar-refractivity contribution in [1.29, 1.82) is 0 Å². The molecule has 0 fully saturated rings. The van der Waals surface area contributed by atoms with E-state index in [1.54, 1.807) is 0 Å². The van der Waals surface area contributed by atoms with E-state index < -0.39 is 64.2 Å². The van der Waals surface area contributed by atoms with Gasteiger partial charge < -0.3 is 0 Å². The van der Waals surface area contributed by atoms with Gasteiger partial charge in [0, 0.05) is 92.9 Å². The molecule has 0 aliphatic heterocycles. The van der Waals surface area contributed by atoms with Gasteiger partial charge in [0.25, 0.3) is 15.0 Å². The Morgan fingerprint density at radius 2 is 0.500 bits per heavy atom. The normalized spacial score (nSPS) is 13.1. The van der Waals surface area contributed by atoms with Crippen LogP contribution in [0.2, 0.25) is 0 Å². The SMILES string of the molecule is [2H]c1ccc(S(=O)(=O)c2ccc([2H])cn2)cc1.[2H]c1ccc(S(=O)(=O)c2ccc([2H])cn2)nc1.[2H]c1ccc(S(=O)(=O)c2ccc([2H])nc2)cc1.[2H]c1ccc(S(=O)(=O)c2ccc([2H])nc2)cn1.[2H]c1ccc(S(=O)(=O)c2cnc([2H])cn2)nc1.[2H]c1ccc(S(=O)(=O)c2ncc([2H])cn2)nc1. The fraction of sp³-hybridized carbons (Fsp3) is 0. The lowest BCUT2D eigenvalue weighted by Crippen LogP contribution is -2.07. The Hall–Kier alpha value is -10.5. The van der Waals surface area contributed by atoms with E-state index in [1.807, 2.05) is 0 Å². The van der Waals surface area contributed by atoms with Gasteiger partial charge in [-0.2, -0.15) is 0 Å². The number of aromatic nitrogens is 12. The van der Waals surface area contributed by atoms with Crippen LogP contribution in [0.5, 0.6) is 0 Å². The molecule has 0 atom stereocenters. The second kappa shape index (κ2) is 31.9. The van der Waals surface area contributed by atoms with Crippen molar-refractivity contribution in [2.75, 3.05) is 0 Å². The van der Waals surface area contributed by atoms with E-state index in [2.05, 4.69) is 59.8 Å². The lowest BCUT2D eigenvalue weighted by atomic mass is 10.4. The quantitative estimate of drug-likeness (QED) is 0.105. The number of hydrogen-bond acceptors (Lipinski definition) is 24. The van der Waals surface area contributed by atoms with Crippen molar-refractivity contribution in [1.82, 2.24) is 59.8 Å². The second-order valence-electron chi connectivity index (χ2n) is 16.3. The zero-order valence-corrected chi connectivity index (χ0v) is 50.4. The number of benzene rings is 2. The highest BCUT2D eigenvalue weighted by atomic mass is 32.2. The van der Waals surface area contributed by atoms with E-state index in [0.29, 0.717) is 0 Å². The predicted octanol–water partition coefficient (Wildman–Crippen LogP) is 7.86. The van der Waals surface area contributed by atoms with Crippen LogP contribution in [0, 0.1) is 0 Å². The molecule has 456 valence electrons. The molecule has 2 aromatic carbocycles. The molecule has 0 saturated heterocycles. The summed E-state index contributed by atoms with van der Waals surface area (Å²) in [4.78, 5) is 43.9. The molecule has 10 heterocycles. The summed E-state index contributed by atoms with van der Waals surface area (Å²) in [7, 11) is -22.4. The van der Waals surface area contributed by atoms with E-state index in [9.17, 15) is 50.5 Å². The number of pyridine rings is 8. The molecule has 30 heteroatoms. The van der Waals surface area contributed by atoms with Crippen LogP contribution < -0.4 is 0 Å². The minimum absolute atomic E-state index is 0.00332. The van der Waals surface area contributed by atoms with Crippen LogP contribution in [0.3, 0.4) is 0 Å². The number of hydrogen-bond donors (Lipinski definition) is 0. The summed E-state index contributed by atoms with van der Waals surface area (Å²) in [6.07, 6.45) is 13.4. The van der Waals surface area contributed by atoms with Crippen LogP contribution in [0.25, 0.3) is 0 Å². The van der Waals surface area contributed by atoms with Crippen LogP contribution in [-0.2, 0) is 59.0 Å². The minimum Gasteiger partial charge on any atom is -0.263 e. The van der Waals surface area contributed by atoms with Gasteiger partial charge in [0.15, 0.2) is 30.2 Å². The molecule has 0 N–H and O–H groups in total. The average molecular weight is 1330 g/mol. The van der Waals surface area contributed by atoms with E-state index in [0.717, 1.165) is 68.2 Å². The molecule has 0 bridgehead atoms. The molecule has 0 spiro atoms. The Kier molecular flexibility index (Phi) is 18.3. The molecule has 0 aliphatic rings. The molecule has 12 aromatic rings. The summed E-state index contributed by atoms with van der Waals surface area (Å²) in [6, 6.07) is 33.2. The van der Waals surface area contributed by atoms with Crippen molar-refractivity contribution in [3.8, 4) is 0 Å². The van der Waals surface area contributed by atoms with Crippen LogP contribution in [0.4, 0.5) is 0 Å². The molecule has 0 radical (unpaired) electrons. The van der Waals surface area contributed by atoms with Crippen molar-refractivity contribution < 1.29 is 67.0 Å². The molecule has 0 aliphatic carbocycles. The third-order valence-electron chi connectivity index (χ3n) is 10.5. The Balaban J connectivity index is 0.000000172. The third-order valence-corrected chi connectivity index (χ3v) is 20.3. The lowest BCUT2D eigenvalue weighted by molar-refractivity contribution is 0.582. The highest BCUT2D eigenvalue weighted by molar-refractivity contribution is 7.92. The Morgan fingerprint density at radius 3 is 0.822 bits per heavy atom. The summed E-state index contributed by atoms with van der Waals surface area (Å²) >= 11 is 0. The molecule has 10 aromatic heterocycles. The molecular weight excluding hydrogens is 1270 g/mol. The topological polar surface area (TPSA) is 360 Å². The summed E-state index contributed by atoms with van der Waals surface area (Å²) in [5.74, 6) is 0. The van der Waals surface area contributed by atoms with E-state index in [4.69, 9.17) is 16.4 Å². The Morgan fingerprint density at radius 1 is 0.222 bits per heavy atom. The maximum Gasteiger partial charge on any atom is 0.259 e. The fourth-order valence-electron chi connectivity index (χ4n) is 6.31. The van der Waals surface area contributed by atoms with Gasteiger partial charge in [0.05, 0.1) is 47.1 Å². The predicted molar refractivity (Wildman–Crippen MR) is 324 cm³/mol. The van der Waals surface area contributed by atoms with E-state index in [1.165, 1.54) is 152 Å². The van der Waals surface area contributed by atoms with Gasteiger partial charge >= 0.3 is 0 Å². The molecule has 0 unspecified atom stereocenters. The first-order chi connectivity index (χ1) is 48.0. The van der Waals surface area contributed by atoms with Gasteiger partial charge in [-0.1, -0.05) is 66.7 Å². The Bertz CT molecular complexity index is 4340. The van der Waals surface area contributed by atoms with Crippen molar-refractivity contribution >= 4 is 59.0 Å². The van der Waals surface area contributed by atoms with Gasteiger partial charge in [-0.15, -0.1) is 0 Å². The van der Waals surface area contributed by atoms with Gasteiger partial charge in [0.1, 0.15) is 0 Å². The third kappa shape index (κ3) is 18.3. The molecule has 90 heavy (non-hydrogen) atoms. The first-order valence-corrected chi connectivity index (χ1v) is 33.5. The maximum absolute atomic E-state index is 12.1. The monoisotopic (exact) mass is 1330 g/mol. The Labute approximate surface area is 535 Å². The van der Waals surface area contributed by atoms with Crippen molar-refractivity contribution in [3.63, 3.8) is 0 Å². The average Bonchev–Trinajstić information content (AvgIpc) is 0.846. The minimum atomic E-state index is -3.87. The maximum atomic E-state index is 12.1. The zero-order valence-electron chi connectivity index (χ0n) is 57.5. The van der Waals surface area contributed by atoms with Gasteiger partial charge in [-0.3, -0.25) is 19.9 Å². The highest BCUT2D eigenvalue weighted by Crippen LogP contribution is 2.22. The van der Waals surface area contributed by atoms with Crippen molar-refractivity contribution in [2.45, 2.75) is 59.8 Å². The van der Waals surface area contributed by atoms with Crippen molar-refractivity contribution in [2.24, 2.45) is 0 Å². The first kappa shape index (κ1) is 51.5. The molecular formula is C60H48N12O12S6. The summed E-state index contributed by atoms with van der Waals surface area (Å²) in [5.41, 5.74) is 0. The number of rotatable bonds is 12. The first-order valence-electron chi connectivity index (χ1n) is 30.6. The second-order valence-corrected chi connectivity index (χ2v) is 27.6. The van der Waals surface area contributed by atoms with E-state index in [-0.39, 0.29) is 128 Å². The van der Waals surface area contributed by atoms with Crippen LogP contribution in [0.1, 0.15) is 16.4 Å². The van der Waals surface area contributed by atoms with Gasteiger partial charge in [-0.25, -0.2) is 90.4 Å². The van der Waals surface area contributed by atoms with E-state index >= 15 is 0 Å². The van der Waals surface area contributed by atoms with Gasteiger partial charge in [0.2, 0.25) is 49.2 Å².